The largest absolute Gasteiger partial charge is 0.491 e. The topological polar surface area (TPSA) is 82.5 Å². The van der Waals surface area contributed by atoms with Crippen molar-refractivity contribution in [1.29, 1.82) is 0 Å². The van der Waals surface area contributed by atoms with Crippen LogP contribution in [0.3, 0.4) is 0 Å². The molecule has 0 bridgehead atoms. The number of aromatic nitrogens is 2. The second-order valence-corrected chi connectivity index (χ2v) is 7.05. The number of halogens is 1. The fourth-order valence-corrected chi connectivity index (χ4v) is 3.41. The normalized spacial score (nSPS) is 19.5. The lowest BCUT2D eigenvalue weighted by atomic mass is 9.92. The molecule has 8 heteroatoms. The van der Waals surface area contributed by atoms with Gasteiger partial charge in [-0.25, -0.2) is 14.4 Å². The number of β-amino-alcohol motifs (C(OH)–C–C–N with tert-alkyl or cyclic N) is 1. The first-order valence-corrected chi connectivity index (χ1v) is 9.57. The van der Waals surface area contributed by atoms with Crippen LogP contribution in [0.15, 0.2) is 36.7 Å². The van der Waals surface area contributed by atoms with Gasteiger partial charge in [0.15, 0.2) is 0 Å². The number of ether oxygens (including phenoxy) is 1. The maximum atomic E-state index is 12.1. The molecular weight excluding hydrogens is 361 g/mol. The van der Waals surface area contributed by atoms with E-state index in [1.165, 1.54) is 6.33 Å². The molecule has 0 amide bonds. The van der Waals surface area contributed by atoms with Crippen LogP contribution in [0.1, 0.15) is 18.4 Å². The Bertz CT molecular complexity index is 746. The van der Waals surface area contributed by atoms with Crippen LogP contribution in [0, 0.1) is 0 Å². The molecule has 7 nitrogen and oxygen atoms in total. The number of alkyl halides is 1. The van der Waals surface area contributed by atoms with E-state index < -0.39 is 12.3 Å². The quantitative estimate of drug-likeness (QED) is 0.605. The molecule has 2 aromatic rings. The Kier molecular flexibility index (Phi) is 7.00. The first-order valence-electron chi connectivity index (χ1n) is 9.57. The van der Waals surface area contributed by atoms with Crippen molar-refractivity contribution in [3.8, 4) is 5.75 Å². The highest BCUT2D eigenvalue weighted by Crippen LogP contribution is 2.25. The van der Waals surface area contributed by atoms with E-state index in [2.05, 4.69) is 25.5 Å². The van der Waals surface area contributed by atoms with Crippen molar-refractivity contribution in [1.82, 2.24) is 15.3 Å². The highest BCUT2D eigenvalue weighted by molar-refractivity contribution is 5.48. The molecule has 0 aliphatic carbocycles. The number of piperidine rings is 1. The third-order valence-corrected chi connectivity index (χ3v) is 4.84. The minimum Gasteiger partial charge on any atom is -0.491 e. The molecule has 1 aromatic heterocycles. The van der Waals surface area contributed by atoms with E-state index >= 15 is 0 Å². The smallest absolute Gasteiger partial charge is 0.134 e. The van der Waals surface area contributed by atoms with E-state index in [0.717, 1.165) is 36.6 Å². The van der Waals surface area contributed by atoms with Crippen LogP contribution < -0.4 is 20.3 Å². The summed E-state index contributed by atoms with van der Waals surface area (Å²) in [5.41, 5.74) is 0.269. The van der Waals surface area contributed by atoms with Gasteiger partial charge in [-0.3, -0.25) is 0 Å². The summed E-state index contributed by atoms with van der Waals surface area (Å²) < 4.78 is 17.4. The summed E-state index contributed by atoms with van der Waals surface area (Å²) in [6.07, 6.45) is 3.18. The Morgan fingerprint density at radius 3 is 2.86 bits per heavy atom. The molecule has 0 saturated carbocycles. The molecule has 1 aromatic carbocycles. The van der Waals surface area contributed by atoms with E-state index in [9.17, 15) is 9.50 Å². The maximum absolute atomic E-state index is 12.1. The molecule has 1 saturated heterocycles. The molecule has 0 radical (unpaired) electrons. The fraction of sp³-hybridized carbons (Fsp3) is 0.500. The predicted octanol–water partition coefficient (Wildman–Crippen LogP) is 1.99. The first kappa shape index (κ1) is 20.3. The summed E-state index contributed by atoms with van der Waals surface area (Å²) in [6.45, 7) is 2.10. The van der Waals surface area contributed by atoms with Crippen molar-refractivity contribution >= 4 is 11.6 Å². The van der Waals surface area contributed by atoms with Gasteiger partial charge in [0.25, 0.3) is 0 Å². The zero-order chi connectivity index (χ0) is 19.8. The number of rotatable bonds is 9. The van der Waals surface area contributed by atoms with Gasteiger partial charge in [-0.15, -0.1) is 0 Å². The number of hydrogen-bond acceptors (Lipinski definition) is 7. The highest BCUT2D eigenvalue weighted by atomic mass is 19.1. The molecule has 1 atom stereocenters. The van der Waals surface area contributed by atoms with Crippen LogP contribution in [-0.2, 0) is 6.54 Å². The molecule has 2 heterocycles. The SMILES string of the molecule is CNc1cc(N2CCC[C@@](O)(CNCc3ccc(OCCF)cc3)C2)ncn1. The van der Waals surface area contributed by atoms with E-state index in [4.69, 9.17) is 4.74 Å². The molecule has 1 fully saturated rings. The Morgan fingerprint density at radius 2 is 2.11 bits per heavy atom. The first-order chi connectivity index (χ1) is 13.6. The molecule has 3 N–H and O–H groups in total. The van der Waals surface area contributed by atoms with Crippen molar-refractivity contribution in [3.05, 3.63) is 42.2 Å². The average molecular weight is 389 g/mol. The lowest BCUT2D eigenvalue weighted by molar-refractivity contribution is 0.0259. The van der Waals surface area contributed by atoms with Gasteiger partial charge in [-0.05, 0) is 30.5 Å². The van der Waals surface area contributed by atoms with Crippen molar-refractivity contribution in [2.45, 2.75) is 25.0 Å². The lowest BCUT2D eigenvalue weighted by Crippen LogP contribution is -2.53. The van der Waals surface area contributed by atoms with Gasteiger partial charge < -0.3 is 25.4 Å². The van der Waals surface area contributed by atoms with Crippen LogP contribution in [0.2, 0.25) is 0 Å². The van der Waals surface area contributed by atoms with E-state index in [1.807, 2.05) is 37.4 Å². The van der Waals surface area contributed by atoms with Crippen LogP contribution in [0.4, 0.5) is 16.0 Å². The number of aliphatic hydroxyl groups is 1. The second-order valence-electron chi connectivity index (χ2n) is 7.05. The van der Waals surface area contributed by atoms with Crippen molar-refractivity contribution < 1.29 is 14.2 Å². The molecular formula is C20H28FN5O2. The monoisotopic (exact) mass is 389 g/mol. The van der Waals surface area contributed by atoms with Gasteiger partial charge in [0.05, 0.1) is 5.60 Å². The number of benzene rings is 1. The summed E-state index contributed by atoms with van der Waals surface area (Å²) >= 11 is 0. The molecule has 0 spiro atoms. The molecule has 0 unspecified atom stereocenters. The van der Waals surface area contributed by atoms with Gasteiger partial charge in [-0.2, -0.15) is 0 Å². The van der Waals surface area contributed by atoms with Crippen LogP contribution in [0.5, 0.6) is 5.75 Å². The fourth-order valence-electron chi connectivity index (χ4n) is 3.41. The Morgan fingerprint density at radius 1 is 1.29 bits per heavy atom. The minimum atomic E-state index is -0.812. The summed E-state index contributed by atoms with van der Waals surface area (Å²) in [4.78, 5) is 10.6. The number of hydrogen-bond donors (Lipinski definition) is 3. The third-order valence-electron chi connectivity index (χ3n) is 4.84. The van der Waals surface area contributed by atoms with Crippen LogP contribution in [-0.4, -0.2) is 60.6 Å². The summed E-state index contributed by atoms with van der Waals surface area (Å²) in [7, 11) is 1.82. The van der Waals surface area contributed by atoms with Gasteiger partial charge in [0.1, 0.15) is 37.0 Å². The van der Waals surface area contributed by atoms with E-state index in [0.29, 0.717) is 25.4 Å². The zero-order valence-electron chi connectivity index (χ0n) is 16.2. The highest BCUT2D eigenvalue weighted by Gasteiger charge is 2.33. The molecule has 3 rings (SSSR count). The minimum absolute atomic E-state index is 0.0727. The van der Waals surface area contributed by atoms with E-state index in [-0.39, 0.29) is 6.61 Å². The van der Waals surface area contributed by atoms with Gasteiger partial charge in [0, 0.05) is 39.3 Å². The predicted molar refractivity (Wildman–Crippen MR) is 108 cm³/mol. The van der Waals surface area contributed by atoms with Crippen molar-refractivity contribution in [2.75, 3.05) is 50.2 Å². The Hall–Kier alpha value is -2.45. The third kappa shape index (κ3) is 5.53. The van der Waals surface area contributed by atoms with E-state index in [1.54, 1.807) is 0 Å². The average Bonchev–Trinajstić information content (AvgIpc) is 2.73. The lowest BCUT2D eigenvalue weighted by Gasteiger charge is -2.40. The maximum Gasteiger partial charge on any atom is 0.134 e. The molecule has 1 aliphatic heterocycles. The number of nitrogens with one attached hydrogen (secondary N) is 2. The standard InChI is InChI=1S/C20H28FN5O2/c1-22-18-11-19(25-15-24-18)26-9-2-7-20(27,14-26)13-23-12-16-3-5-17(6-4-16)28-10-8-21/h3-6,11,15,23,27H,2,7-10,12-14H2,1H3,(H,22,24,25)/t20-/m1/s1. The van der Waals surface area contributed by atoms with Crippen LogP contribution in [0.25, 0.3) is 0 Å². The summed E-state index contributed by atoms with van der Waals surface area (Å²) in [5, 5.41) is 17.4. The zero-order valence-corrected chi connectivity index (χ0v) is 16.2. The number of anilines is 2. The molecule has 152 valence electrons. The Balaban J connectivity index is 1.51. The second kappa shape index (κ2) is 9.66. The van der Waals surface area contributed by atoms with Gasteiger partial charge in [-0.1, -0.05) is 12.1 Å². The molecule has 28 heavy (non-hydrogen) atoms. The van der Waals surface area contributed by atoms with Crippen molar-refractivity contribution in [2.24, 2.45) is 0 Å². The summed E-state index contributed by atoms with van der Waals surface area (Å²) in [5.74, 6) is 2.24. The Labute approximate surface area is 165 Å². The van der Waals surface area contributed by atoms with Gasteiger partial charge in [0.2, 0.25) is 0 Å². The van der Waals surface area contributed by atoms with Crippen LogP contribution >= 0.6 is 0 Å². The van der Waals surface area contributed by atoms with Crippen molar-refractivity contribution in [3.63, 3.8) is 0 Å². The summed E-state index contributed by atoms with van der Waals surface area (Å²) in [6, 6.07) is 9.44. The number of nitrogens with zero attached hydrogens (tertiary/aromatic N) is 3. The van der Waals surface area contributed by atoms with Gasteiger partial charge >= 0.3 is 0 Å². The molecule has 1 aliphatic rings.